The Hall–Kier alpha value is -2.01. The van der Waals surface area contributed by atoms with Gasteiger partial charge in [-0.3, -0.25) is 9.78 Å². The van der Waals surface area contributed by atoms with Crippen LogP contribution in [-0.2, 0) is 11.2 Å². The molecule has 1 N–H and O–H groups in total. The molecule has 1 aromatic heterocycles. The average Bonchev–Trinajstić information content (AvgIpc) is 2.38. The fraction of sp³-hybridized carbons (Fsp3) is 0.333. The van der Waals surface area contributed by atoms with Crippen LogP contribution in [0.15, 0.2) is 30.3 Å². The first-order valence-electron chi connectivity index (χ1n) is 6.51. The fourth-order valence-corrected chi connectivity index (χ4v) is 1.88. The fourth-order valence-electron chi connectivity index (χ4n) is 1.88. The van der Waals surface area contributed by atoms with Crippen molar-refractivity contribution in [2.24, 2.45) is 0 Å². The summed E-state index contributed by atoms with van der Waals surface area (Å²) in [5.74, 6) is -0.339. The van der Waals surface area contributed by atoms with Crippen molar-refractivity contribution in [2.45, 2.75) is 6.42 Å². The van der Waals surface area contributed by atoms with Gasteiger partial charge in [-0.2, -0.15) is 0 Å². The summed E-state index contributed by atoms with van der Waals surface area (Å²) in [6.45, 7) is 1.42. The highest BCUT2D eigenvalue weighted by atomic mass is 19.1. The van der Waals surface area contributed by atoms with Crippen LogP contribution in [0, 0.1) is 5.82 Å². The number of aromatic nitrogens is 1. The number of nitrogens with one attached hydrogen (secondary N) is 1. The Labute approximate surface area is 117 Å². The van der Waals surface area contributed by atoms with Crippen molar-refractivity contribution in [1.82, 2.24) is 15.2 Å². The molecule has 20 heavy (non-hydrogen) atoms. The summed E-state index contributed by atoms with van der Waals surface area (Å²) < 4.78 is 13.1. The van der Waals surface area contributed by atoms with Crippen molar-refractivity contribution in [3.8, 4) is 0 Å². The summed E-state index contributed by atoms with van der Waals surface area (Å²) in [6, 6.07) is 7.97. The smallest absolute Gasteiger partial charge is 0.226 e. The van der Waals surface area contributed by atoms with E-state index in [4.69, 9.17) is 0 Å². The lowest BCUT2D eigenvalue weighted by Crippen LogP contribution is -2.32. The molecule has 0 aliphatic rings. The molecular formula is C15H18FN3O. The number of amides is 1. The minimum absolute atomic E-state index is 0.0548. The van der Waals surface area contributed by atoms with E-state index in [1.807, 2.05) is 19.0 Å². The van der Waals surface area contributed by atoms with Crippen LogP contribution in [0.5, 0.6) is 0 Å². The first-order chi connectivity index (χ1) is 9.54. The summed E-state index contributed by atoms with van der Waals surface area (Å²) >= 11 is 0. The highest BCUT2D eigenvalue weighted by Gasteiger charge is 2.06. The number of hydrogen-bond acceptors (Lipinski definition) is 3. The monoisotopic (exact) mass is 275 g/mol. The van der Waals surface area contributed by atoms with Crippen LogP contribution in [-0.4, -0.2) is 43.0 Å². The molecule has 0 saturated heterocycles. The first-order valence-corrected chi connectivity index (χ1v) is 6.51. The van der Waals surface area contributed by atoms with Crippen molar-refractivity contribution >= 4 is 16.8 Å². The summed E-state index contributed by atoms with van der Waals surface area (Å²) in [6.07, 6.45) is 0.237. The second-order valence-corrected chi connectivity index (χ2v) is 4.97. The van der Waals surface area contributed by atoms with Crippen molar-refractivity contribution in [1.29, 1.82) is 0 Å². The maximum atomic E-state index is 13.1. The number of nitrogens with zero attached hydrogens (tertiary/aromatic N) is 2. The Bertz CT molecular complexity index is 613. The molecular weight excluding hydrogens is 257 g/mol. The molecule has 0 radical (unpaired) electrons. The van der Waals surface area contributed by atoms with Gasteiger partial charge >= 0.3 is 0 Å². The highest BCUT2D eigenvalue weighted by molar-refractivity contribution is 5.81. The highest BCUT2D eigenvalue weighted by Crippen LogP contribution is 2.14. The second kappa shape index (κ2) is 6.43. The Morgan fingerprint density at radius 1 is 1.30 bits per heavy atom. The van der Waals surface area contributed by atoms with Crippen molar-refractivity contribution in [3.05, 3.63) is 41.8 Å². The lowest BCUT2D eigenvalue weighted by molar-refractivity contribution is -0.120. The van der Waals surface area contributed by atoms with Crippen molar-refractivity contribution in [3.63, 3.8) is 0 Å². The molecule has 1 heterocycles. The van der Waals surface area contributed by atoms with Gasteiger partial charge in [0, 0.05) is 18.5 Å². The molecule has 2 rings (SSSR count). The third kappa shape index (κ3) is 3.99. The van der Waals surface area contributed by atoms with Crippen LogP contribution in [0.2, 0.25) is 0 Å². The van der Waals surface area contributed by atoms with E-state index < -0.39 is 0 Å². The Kier molecular flexibility index (Phi) is 4.63. The molecule has 0 saturated carbocycles. The zero-order valence-corrected chi connectivity index (χ0v) is 11.7. The number of carbonyl (C=O) groups excluding carboxylic acids is 1. The summed E-state index contributed by atoms with van der Waals surface area (Å²) in [5.41, 5.74) is 1.39. The molecule has 0 atom stereocenters. The van der Waals surface area contributed by atoms with Gasteiger partial charge in [0.25, 0.3) is 0 Å². The maximum Gasteiger partial charge on any atom is 0.226 e. The van der Waals surface area contributed by atoms with Gasteiger partial charge in [0.15, 0.2) is 0 Å². The molecule has 0 aliphatic heterocycles. The van der Waals surface area contributed by atoms with Gasteiger partial charge < -0.3 is 10.2 Å². The summed E-state index contributed by atoms with van der Waals surface area (Å²) in [7, 11) is 3.91. The summed E-state index contributed by atoms with van der Waals surface area (Å²) in [5, 5.41) is 3.58. The minimum atomic E-state index is -0.284. The predicted octanol–water partition coefficient (Wildman–Crippen LogP) is 1.59. The van der Waals surface area contributed by atoms with Crippen LogP contribution in [0.25, 0.3) is 10.9 Å². The number of hydrogen-bond donors (Lipinski definition) is 1. The normalized spacial score (nSPS) is 11.0. The number of carbonyl (C=O) groups is 1. The maximum absolute atomic E-state index is 13.1. The van der Waals surface area contributed by atoms with Crippen LogP contribution < -0.4 is 5.32 Å². The van der Waals surface area contributed by atoms with Gasteiger partial charge in [-0.15, -0.1) is 0 Å². The van der Waals surface area contributed by atoms with E-state index in [1.165, 1.54) is 12.1 Å². The van der Waals surface area contributed by atoms with Gasteiger partial charge in [-0.25, -0.2) is 4.39 Å². The third-order valence-corrected chi connectivity index (χ3v) is 2.93. The Morgan fingerprint density at radius 3 is 2.85 bits per heavy atom. The summed E-state index contributed by atoms with van der Waals surface area (Å²) in [4.78, 5) is 18.1. The van der Waals surface area contributed by atoms with Crippen LogP contribution in [0.1, 0.15) is 5.69 Å². The number of likely N-dealkylation sites (N-methyl/N-ethyl adjacent to an activating group) is 1. The minimum Gasteiger partial charge on any atom is -0.354 e. The molecule has 2 aromatic rings. The van der Waals surface area contributed by atoms with E-state index in [0.717, 1.165) is 11.9 Å². The van der Waals surface area contributed by atoms with Gasteiger partial charge in [0.1, 0.15) is 5.82 Å². The number of fused-ring (bicyclic) bond motifs is 1. The quantitative estimate of drug-likeness (QED) is 0.901. The van der Waals surface area contributed by atoms with E-state index in [0.29, 0.717) is 17.8 Å². The van der Waals surface area contributed by atoms with Gasteiger partial charge in [-0.1, -0.05) is 6.07 Å². The van der Waals surface area contributed by atoms with E-state index in [2.05, 4.69) is 10.3 Å². The molecule has 0 spiro atoms. The molecule has 1 amide bonds. The molecule has 106 valence electrons. The molecule has 5 heteroatoms. The first kappa shape index (κ1) is 14.4. The Morgan fingerprint density at radius 2 is 2.10 bits per heavy atom. The predicted molar refractivity (Wildman–Crippen MR) is 77.0 cm³/mol. The van der Waals surface area contributed by atoms with Gasteiger partial charge in [0.2, 0.25) is 5.91 Å². The zero-order chi connectivity index (χ0) is 14.5. The van der Waals surface area contributed by atoms with E-state index >= 15 is 0 Å². The largest absolute Gasteiger partial charge is 0.354 e. The van der Waals surface area contributed by atoms with Crippen molar-refractivity contribution < 1.29 is 9.18 Å². The van der Waals surface area contributed by atoms with E-state index in [9.17, 15) is 9.18 Å². The molecule has 0 aliphatic carbocycles. The third-order valence-electron chi connectivity index (χ3n) is 2.93. The second-order valence-electron chi connectivity index (χ2n) is 4.97. The number of halogens is 1. The molecule has 1 aromatic carbocycles. The average molecular weight is 275 g/mol. The standard InChI is InChI=1S/C15H18FN3O/c1-19(2)8-7-17-15(20)10-13-5-3-11-9-12(16)4-6-14(11)18-13/h3-6,9H,7-8,10H2,1-2H3,(H,17,20). The molecule has 4 nitrogen and oxygen atoms in total. The molecule has 0 bridgehead atoms. The van der Waals surface area contributed by atoms with Gasteiger partial charge in [0.05, 0.1) is 17.6 Å². The zero-order valence-electron chi connectivity index (χ0n) is 11.7. The van der Waals surface area contributed by atoms with Crippen LogP contribution in [0.4, 0.5) is 4.39 Å². The van der Waals surface area contributed by atoms with Gasteiger partial charge in [-0.05, 0) is 38.4 Å². The van der Waals surface area contributed by atoms with Crippen LogP contribution >= 0.6 is 0 Å². The lowest BCUT2D eigenvalue weighted by atomic mass is 10.1. The van der Waals surface area contributed by atoms with Crippen molar-refractivity contribution in [2.75, 3.05) is 27.2 Å². The number of rotatable bonds is 5. The molecule has 0 unspecified atom stereocenters. The molecule has 0 fully saturated rings. The lowest BCUT2D eigenvalue weighted by Gasteiger charge is -2.10. The van der Waals surface area contributed by atoms with E-state index in [1.54, 1.807) is 18.2 Å². The Balaban J connectivity index is 1.99. The SMILES string of the molecule is CN(C)CCNC(=O)Cc1ccc2cc(F)ccc2n1. The van der Waals surface area contributed by atoms with Crippen LogP contribution in [0.3, 0.4) is 0 Å². The number of benzene rings is 1. The number of pyridine rings is 1. The van der Waals surface area contributed by atoms with E-state index in [-0.39, 0.29) is 18.1 Å². The topological polar surface area (TPSA) is 45.2 Å².